The quantitative estimate of drug-likeness (QED) is 0.834. The highest BCUT2D eigenvalue weighted by Crippen LogP contribution is 2.32. The van der Waals surface area contributed by atoms with Crippen LogP contribution in [0.2, 0.25) is 0 Å². The number of aromatic nitrogens is 2. The van der Waals surface area contributed by atoms with Crippen molar-refractivity contribution in [3.8, 4) is 11.5 Å². The van der Waals surface area contributed by atoms with Crippen molar-refractivity contribution in [2.75, 3.05) is 37.9 Å². The second-order valence-electron chi connectivity index (χ2n) is 6.62. The Labute approximate surface area is 162 Å². The van der Waals surface area contributed by atoms with Gasteiger partial charge in [-0.25, -0.2) is 9.97 Å². The van der Waals surface area contributed by atoms with Gasteiger partial charge in [0.1, 0.15) is 17.8 Å². The minimum absolute atomic E-state index is 0.0749. The van der Waals surface area contributed by atoms with Gasteiger partial charge in [0.2, 0.25) is 12.7 Å². The summed E-state index contributed by atoms with van der Waals surface area (Å²) in [7, 11) is 0. The number of piperazine rings is 1. The van der Waals surface area contributed by atoms with Crippen molar-refractivity contribution in [3.63, 3.8) is 0 Å². The Morgan fingerprint density at radius 3 is 2.64 bits per heavy atom. The zero-order chi connectivity index (χ0) is 19.5. The van der Waals surface area contributed by atoms with E-state index in [4.69, 9.17) is 9.47 Å². The lowest BCUT2D eigenvalue weighted by Gasteiger charge is -2.34. The number of amides is 2. The van der Waals surface area contributed by atoms with Crippen molar-refractivity contribution in [2.24, 2.45) is 0 Å². The molecule has 2 aromatic rings. The largest absolute Gasteiger partial charge is 0.454 e. The molecule has 0 unspecified atom stereocenters. The fraction of sp³-hybridized carbons (Fsp3) is 0.368. The number of hydrogen-bond acceptors (Lipinski definition) is 7. The van der Waals surface area contributed by atoms with E-state index in [1.54, 1.807) is 17.9 Å². The van der Waals surface area contributed by atoms with Gasteiger partial charge >= 0.3 is 0 Å². The summed E-state index contributed by atoms with van der Waals surface area (Å²) in [5, 5.41) is 2.86. The summed E-state index contributed by atoms with van der Waals surface area (Å²) in [6.45, 7) is 4.78. The average molecular weight is 383 g/mol. The molecule has 0 bridgehead atoms. The maximum atomic E-state index is 12.5. The summed E-state index contributed by atoms with van der Waals surface area (Å²) in [6, 6.07) is 7.24. The topological polar surface area (TPSA) is 96.9 Å². The number of hydrogen-bond donors (Lipinski definition) is 1. The minimum atomic E-state index is -0.274. The van der Waals surface area contributed by atoms with Crippen LogP contribution in [0.3, 0.4) is 0 Å². The summed E-state index contributed by atoms with van der Waals surface area (Å²) in [6.07, 6.45) is 1.39. The summed E-state index contributed by atoms with van der Waals surface area (Å²) < 4.78 is 10.6. The van der Waals surface area contributed by atoms with E-state index >= 15 is 0 Å². The molecule has 2 aliphatic heterocycles. The van der Waals surface area contributed by atoms with Crippen molar-refractivity contribution in [3.05, 3.63) is 41.9 Å². The van der Waals surface area contributed by atoms with Gasteiger partial charge in [0.25, 0.3) is 5.91 Å². The fourth-order valence-electron chi connectivity index (χ4n) is 3.22. The van der Waals surface area contributed by atoms with Gasteiger partial charge in [0, 0.05) is 45.7 Å². The first-order chi connectivity index (χ1) is 13.6. The second kappa shape index (κ2) is 7.71. The number of fused-ring (bicyclic) bond motifs is 1. The highest BCUT2D eigenvalue weighted by atomic mass is 16.7. The van der Waals surface area contributed by atoms with Crippen LogP contribution in [0.25, 0.3) is 0 Å². The lowest BCUT2D eigenvalue weighted by atomic mass is 10.2. The molecule has 0 aliphatic carbocycles. The van der Waals surface area contributed by atoms with Crippen molar-refractivity contribution in [1.82, 2.24) is 20.2 Å². The normalized spacial score (nSPS) is 15.5. The molecule has 0 atom stereocenters. The van der Waals surface area contributed by atoms with Crippen LogP contribution < -0.4 is 19.7 Å². The second-order valence-corrected chi connectivity index (χ2v) is 6.62. The van der Waals surface area contributed by atoms with Crippen molar-refractivity contribution in [1.29, 1.82) is 0 Å². The molecule has 0 saturated carbocycles. The Morgan fingerprint density at radius 2 is 1.86 bits per heavy atom. The van der Waals surface area contributed by atoms with E-state index in [9.17, 15) is 9.59 Å². The third kappa shape index (κ3) is 3.83. The Morgan fingerprint density at radius 1 is 1.07 bits per heavy atom. The first kappa shape index (κ1) is 18.0. The molecule has 28 heavy (non-hydrogen) atoms. The van der Waals surface area contributed by atoms with Crippen LogP contribution in [0.4, 0.5) is 5.82 Å². The van der Waals surface area contributed by atoms with Crippen LogP contribution >= 0.6 is 0 Å². The molecule has 9 nitrogen and oxygen atoms in total. The third-order valence-electron chi connectivity index (χ3n) is 4.82. The maximum absolute atomic E-state index is 12.5. The SMILES string of the molecule is CC(=O)N1CCN(c2cc(C(=O)NCc3ccc4c(c3)OCO4)ncn2)CC1. The summed E-state index contributed by atoms with van der Waals surface area (Å²) in [5.74, 6) is 1.88. The fourth-order valence-corrected chi connectivity index (χ4v) is 3.22. The Kier molecular flexibility index (Phi) is 4.96. The predicted molar refractivity (Wildman–Crippen MR) is 100 cm³/mol. The van der Waals surface area contributed by atoms with Crippen molar-refractivity contribution >= 4 is 17.6 Å². The summed E-state index contributed by atoms with van der Waals surface area (Å²) in [4.78, 5) is 36.2. The van der Waals surface area contributed by atoms with Gasteiger partial charge < -0.3 is 24.6 Å². The van der Waals surface area contributed by atoms with Gasteiger partial charge in [-0.3, -0.25) is 9.59 Å². The Bertz CT molecular complexity index is 896. The van der Waals surface area contributed by atoms with Crippen LogP contribution in [0.15, 0.2) is 30.6 Å². The van der Waals surface area contributed by atoms with Gasteiger partial charge in [0.05, 0.1) is 0 Å². The molecule has 3 heterocycles. The number of nitrogens with one attached hydrogen (secondary N) is 1. The number of benzene rings is 1. The van der Waals surface area contributed by atoms with E-state index in [0.29, 0.717) is 55.7 Å². The third-order valence-corrected chi connectivity index (χ3v) is 4.82. The molecule has 0 spiro atoms. The zero-order valence-electron chi connectivity index (χ0n) is 15.6. The van der Waals surface area contributed by atoms with Crippen molar-refractivity contribution in [2.45, 2.75) is 13.5 Å². The van der Waals surface area contributed by atoms with E-state index in [0.717, 1.165) is 5.56 Å². The zero-order valence-corrected chi connectivity index (χ0v) is 15.6. The predicted octanol–water partition coefficient (Wildman–Crippen LogP) is 0.804. The molecule has 1 N–H and O–H groups in total. The molecule has 1 fully saturated rings. The highest BCUT2D eigenvalue weighted by Gasteiger charge is 2.21. The molecule has 2 aliphatic rings. The highest BCUT2D eigenvalue weighted by molar-refractivity contribution is 5.92. The van der Waals surface area contributed by atoms with Crippen LogP contribution in [-0.4, -0.2) is 59.7 Å². The number of anilines is 1. The Hall–Kier alpha value is -3.36. The van der Waals surface area contributed by atoms with E-state index in [-0.39, 0.29) is 18.6 Å². The molecule has 1 aromatic heterocycles. The van der Waals surface area contributed by atoms with Crippen LogP contribution in [-0.2, 0) is 11.3 Å². The van der Waals surface area contributed by atoms with E-state index < -0.39 is 0 Å². The van der Waals surface area contributed by atoms with E-state index in [1.165, 1.54) is 6.33 Å². The number of rotatable bonds is 4. The lowest BCUT2D eigenvalue weighted by molar-refractivity contribution is -0.129. The van der Waals surface area contributed by atoms with E-state index in [1.807, 2.05) is 18.2 Å². The number of carbonyl (C=O) groups is 2. The van der Waals surface area contributed by atoms with Crippen LogP contribution in [0, 0.1) is 0 Å². The molecule has 2 amide bonds. The number of carbonyl (C=O) groups excluding carboxylic acids is 2. The standard InChI is InChI=1S/C19H21N5O4/c1-13(25)23-4-6-24(7-5-23)18-9-15(21-11-22-18)19(26)20-10-14-2-3-16-17(8-14)28-12-27-16/h2-3,8-9,11H,4-7,10,12H2,1H3,(H,20,26). The molecule has 1 saturated heterocycles. The van der Waals surface area contributed by atoms with Crippen molar-refractivity contribution < 1.29 is 19.1 Å². The lowest BCUT2D eigenvalue weighted by Crippen LogP contribution is -2.48. The molecular formula is C19H21N5O4. The summed E-state index contributed by atoms with van der Waals surface area (Å²) in [5.41, 5.74) is 1.21. The molecule has 9 heteroatoms. The molecular weight excluding hydrogens is 362 g/mol. The smallest absolute Gasteiger partial charge is 0.270 e. The molecule has 1 aromatic carbocycles. The monoisotopic (exact) mass is 383 g/mol. The maximum Gasteiger partial charge on any atom is 0.270 e. The molecule has 4 rings (SSSR count). The Balaban J connectivity index is 1.37. The molecule has 0 radical (unpaired) electrons. The van der Waals surface area contributed by atoms with Gasteiger partial charge in [-0.15, -0.1) is 0 Å². The number of ether oxygens (including phenoxy) is 2. The number of nitrogens with zero attached hydrogens (tertiary/aromatic N) is 4. The minimum Gasteiger partial charge on any atom is -0.454 e. The first-order valence-electron chi connectivity index (χ1n) is 9.09. The average Bonchev–Trinajstić information content (AvgIpc) is 3.20. The van der Waals surface area contributed by atoms with E-state index in [2.05, 4.69) is 20.2 Å². The first-order valence-corrected chi connectivity index (χ1v) is 9.09. The van der Waals surface area contributed by atoms with Crippen LogP contribution in [0.5, 0.6) is 11.5 Å². The van der Waals surface area contributed by atoms with Gasteiger partial charge in [-0.2, -0.15) is 0 Å². The van der Waals surface area contributed by atoms with Gasteiger partial charge in [0.15, 0.2) is 11.5 Å². The van der Waals surface area contributed by atoms with Crippen LogP contribution in [0.1, 0.15) is 23.0 Å². The van der Waals surface area contributed by atoms with Gasteiger partial charge in [-0.1, -0.05) is 6.07 Å². The molecule has 146 valence electrons. The summed E-state index contributed by atoms with van der Waals surface area (Å²) >= 11 is 0. The van der Waals surface area contributed by atoms with Gasteiger partial charge in [-0.05, 0) is 17.7 Å².